The molecular weight excluding hydrogens is 282 g/mol. The van der Waals surface area contributed by atoms with Gasteiger partial charge in [-0.15, -0.1) is 11.3 Å². The maximum absolute atomic E-state index is 12.1. The minimum atomic E-state index is -0.978. The van der Waals surface area contributed by atoms with Crippen LogP contribution in [-0.4, -0.2) is 30.1 Å². The minimum Gasteiger partial charge on any atom is -0.481 e. The fraction of sp³-hybridized carbons (Fsp3) is 0.462. The van der Waals surface area contributed by atoms with E-state index in [0.29, 0.717) is 10.6 Å². The summed E-state index contributed by atoms with van der Waals surface area (Å²) in [6.07, 6.45) is 0. The largest absolute Gasteiger partial charge is 0.481 e. The van der Waals surface area contributed by atoms with Crippen LogP contribution in [0, 0.1) is 17.3 Å². The van der Waals surface area contributed by atoms with Crippen LogP contribution < -0.4 is 5.32 Å². The second-order valence-electron chi connectivity index (χ2n) is 5.26. The number of aliphatic carboxylic acids is 1. The van der Waals surface area contributed by atoms with Crippen LogP contribution >= 0.6 is 11.3 Å². The summed E-state index contributed by atoms with van der Waals surface area (Å²) in [7, 11) is 1.26. The van der Waals surface area contributed by atoms with Gasteiger partial charge in [0.05, 0.1) is 24.6 Å². The first-order chi connectivity index (χ1) is 9.30. The number of ether oxygens (including phenoxy) is 1. The number of esters is 1. The number of carbonyl (C=O) groups excluding carboxylic acids is 2. The van der Waals surface area contributed by atoms with Crippen LogP contribution in [0.5, 0.6) is 0 Å². The predicted octanol–water partition coefficient (Wildman–Crippen LogP) is 1.83. The lowest BCUT2D eigenvalue weighted by atomic mass is 10.1. The fourth-order valence-corrected chi connectivity index (χ4v) is 3.22. The van der Waals surface area contributed by atoms with E-state index in [2.05, 4.69) is 10.1 Å². The van der Waals surface area contributed by atoms with Crippen LogP contribution in [0.2, 0.25) is 0 Å². The molecule has 1 heterocycles. The van der Waals surface area contributed by atoms with Gasteiger partial charge in [-0.05, 0) is 16.9 Å². The van der Waals surface area contributed by atoms with Gasteiger partial charge in [0.2, 0.25) is 5.91 Å². The van der Waals surface area contributed by atoms with Crippen molar-refractivity contribution in [3.8, 4) is 0 Å². The summed E-state index contributed by atoms with van der Waals surface area (Å²) >= 11 is 1.16. The number of amides is 1. The number of hydrogen-bond acceptors (Lipinski definition) is 5. The van der Waals surface area contributed by atoms with Crippen LogP contribution in [0.25, 0.3) is 0 Å². The molecule has 0 aliphatic heterocycles. The summed E-state index contributed by atoms with van der Waals surface area (Å²) in [6, 6.07) is 1.60. The van der Waals surface area contributed by atoms with Crippen LogP contribution in [-0.2, 0) is 14.3 Å². The third-order valence-corrected chi connectivity index (χ3v) is 4.56. The molecular formula is C13H15NO5S. The number of methoxy groups -OCH3 is 1. The normalized spacial score (nSPS) is 22.9. The van der Waals surface area contributed by atoms with Crippen LogP contribution in [0.15, 0.2) is 11.4 Å². The Morgan fingerprint density at radius 2 is 2.00 bits per heavy atom. The predicted molar refractivity (Wildman–Crippen MR) is 72.7 cm³/mol. The molecule has 1 aromatic heterocycles. The number of carboxylic acids is 1. The zero-order valence-electron chi connectivity index (χ0n) is 11.3. The van der Waals surface area contributed by atoms with Crippen molar-refractivity contribution < 1.29 is 24.2 Å². The number of carboxylic acid groups (broad SMARTS) is 1. The average Bonchev–Trinajstić information content (AvgIpc) is 2.71. The summed E-state index contributed by atoms with van der Waals surface area (Å²) in [5, 5.41) is 13.3. The highest BCUT2D eigenvalue weighted by Gasteiger charge is 2.65. The lowest BCUT2D eigenvalue weighted by Gasteiger charge is -2.06. The highest BCUT2D eigenvalue weighted by atomic mass is 32.1. The molecule has 7 heteroatoms. The van der Waals surface area contributed by atoms with Gasteiger partial charge >= 0.3 is 11.9 Å². The molecule has 0 radical (unpaired) electrons. The molecule has 0 saturated heterocycles. The van der Waals surface area contributed by atoms with Crippen molar-refractivity contribution in [3.63, 3.8) is 0 Å². The molecule has 0 spiro atoms. The number of anilines is 1. The van der Waals surface area contributed by atoms with Gasteiger partial charge in [-0.2, -0.15) is 0 Å². The second kappa shape index (κ2) is 4.90. The topological polar surface area (TPSA) is 92.7 Å². The van der Waals surface area contributed by atoms with Crippen molar-refractivity contribution in [1.29, 1.82) is 0 Å². The molecule has 6 nitrogen and oxygen atoms in total. The Balaban J connectivity index is 2.13. The van der Waals surface area contributed by atoms with E-state index in [1.807, 2.05) is 0 Å². The summed E-state index contributed by atoms with van der Waals surface area (Å²) in [5.74, 6) is -3.17. The maximum Gasteiger partial charge on any atom is 0.350 e. The smallest absolute Gasteiger partial charge is 0.350 e. The fourth-order valence-electron chi connectivity index (χ4n) is 2.46. The second-order valence-corrected chi connectivity index (χ2v) is 6.18. The summed E-state index contributed by atoms with van der Waals surface area (Å²) in [5.41, 5.74) is -0.212. The Morgan fingerprint density at radius 1 is 1.35 bits per heavy atom. The number of thiophene rings is 1. The first-order valence-corrected chi connectivity index (χ1v) is 6.88. The molecule has 2 N–H and O–H groups in total. The van der Waals surface area contributed by atoms with Gasteiger partial charge in [0.1, 0.15) is 4.88 Å². The van der Waals surface area contributed by atoms with E-state index >= 15 is 0 Å². The van der Waals surface area contributed by atoms with Crippen molar-refractivity contribution in [2.24, 2.45) is 17.3 Å². The van der Waals surface area contributed by atoms with Gasteiger partial charge in [0.15, 0.2) is 0 Å². The van der Waals surface area contributed by atoms with Gasteiger partial charge in [0.25, 0.3) is 0 Å². The number of hydrogen-bond donors (Lipinski definition) is 2. The van der Waals surface area contributed by atoms with Gasteiger partial charge < -0.3 is 15.2 Å². The molecule has 1 saturated carbocycles. The Bertz CT molecular complexity index is 577. The molecule has 2 atom stereocenters. The third-order valence-electron chi connectivity index (χ3n) is 3.67. The van der Waals surface area contributed by atoms with E-state index in [4.69, 9.17) is 5.11 Å². The van der Waals surface area contributed by atoms with E-state index in [-0.39, 0.29) is 5.91 Å². The maximum atomic E-state index is 12.1. The summed E-state index contributed by atoms with van der Waals surface area (Å²) in [6.45, 7) is 3.48. The summed E-state index contributed by atoms with van der Waals surface area (Å²) < 4.78 is 4.62. The molecule has 1 aliphatic carbocycles. The van der Waals surface area contributed by atoms with Crippen molar-refractivity contribution in [1.82, 2.24) is 0 Å². The van der Waals surface area contributed by atoms with E-state index in [1.54, 1.807) is 25.3 Å². The average molecular weight is 297 g/mol. The SMILES string of the molecule is COC(=O)c1sccc1NC(=O)[C@H]1[C@@H](C(=O)O)C1(C)C. The van der Waals surface area contributed by atoms with Crippen molar-refractivity contribution in [2.75, 3.05) is 12.4 Å². The van der Waals surface area contributed by atoms with Crippen molar-refractivity contribution in [2.45, 2.75) is 13.8 Å². The summed E-state index contributed by atoms with van der Waals surface area (Å²) in [4.78, 5) is 35.0. The Hall–Kier alpha value is -1.89. The van der Waals surface area contributed by atoms with E-state index < -0.39 is 29.2 Å². The highest BCUT2D eigenvalue weighted by molar-refractivity contribution is 7.12. The zero-order chi connectivity index (χ0) is 15.1. The van der Waals surface area contributed by atoms with Crippen molar-refractivity contribution >= 4 is 34.9 Å². The first-order valence-electron chi connectivity index (χ1n) is 6.00. The monoisotopic (exact) mass is 297 g/mol. The van der Waals surface area contributed by atoms with E-state index in [1.165, 1.54) is 7.11 Å². The molecule has 1 amide bonds. The molecule has 1 fully saturated rings. The van der Waals surface area contributed by atoms with Crippen molar-refractivity contribution in [3.05, 3.63) is 16.3 Å². The molecule has 0 aromatic carbocycles. The molecule has 1 aliphatic rings. The molecule has 1 aromatic rings. The van der Waals surface area contributed by atoms with Gasteiger partial charge in [0, 0.05) is 0 Å². The van der Waals surface area contributed by atoms with Crippen LogP contribution in [0.4, 0.5) is 5.69 Å². The molecule has 0 unspecified atom stereocenters. The zero-order valence-corrected chi connectivity index (χ0v) is 12.1. The Kier molecular flexibility index (Phi) is 3.56. The minimum absolute atomic E-state index is 0.297. The standard InChI is InChI=1S/C13H15NO5S/c1-13(2)7(8(13)11(16)17)10(15)14-6-4-5-20-9(6)12(18)19-3/h4-5,7-8H,1-3H3,(H,14,15)(H,16,17)/t7-,8+/m1/s1. The van der Waals surface area contributed by atoms with Gasteiger partial charge in [-0.1, -0.05) is 13.8 Å². The number of rotatable bonds is 4. The Morgan fingerprint density at radius 3 is 2.50 bits per heavy atom. The third kappa shape index (κ3) is 2.29. The Labute approximate surface area is 119 Å². The van der Waals surface area contributed by atoms with Gasteiger partial charge in [-0.3, -0.25) is 9.59 Å². The lowest BCUT2D eigenvalue weighted by Crippen LogP contribution is -2.18. The van der Waals surface area contributed by atoms with Gasteiger partial charge in [-0.25, -0.2) is 4.79 Å². The van der Waals surface area contributed by atoms with Crippen LogP contribution in [0.1, 0.15) is 23.5 Å². The van der Waals surface area contributed by atoms with E-state index in [9.17, 15) is 14.4 Å². The molecule has 2 rings (SSSR count). The van der Waals surface area contributed by atoms with Crippen LogP contribution in [0.3, 0.4) is 0 Å². The highest BCUT2D eigenvalue weighted by Crippen LogP contribution is 2.58. The van der Waals surface area contributed by atoms with E-state index in [0.717, 1.165) is 11.3 Å². The number of carbonyl (C=O) groups is 3. The number of nitrogens with one attached hydrogen (secondary N) is 1. The molecule has 20 heavy (non-hydrogen) atoms. The quantitative estimate of drug-likeness (QED) is 0.827. The lowest BCUT2D eigenvalue weighted by molar-refractivity contribution is -0.140. The molecule has 0 bridgehead atoms. The first kappa shape index (κ1) is 14.5. The molecule has 108 valence electrons.